The molecule has 200 valence electrons. The average molecular weight is 525 g/mol. The maximum absolute atomic E-state index is 13.4. The summed E-state index contributed by atoms with van der Waals surface area (Å²) < 4.78 is 40.2. The van der Waals surface area contributed by atoms with Crippen molar-refractivity contribution < 1.29 is 22.8 Å². The fourth-order valence-electron chi connectivity index (χ4n) is 4.26. The van der Waals surface area contributed by atoms with Crippen LogP contribution in [0.2, 0.25) is 0 Å². The fraction of sp³-hybridized carbons (Fsp3) is 0.379. The Hall–Kier alpha value is -3.75. The van der Waals surface area contributed by atoms with Crippen LogP contribution < -0.4 is 10.6 Å². The molecular formula is C29H31F3N4O2. The van der Waals surface area contributed by atoms with Crippen LogP contribution in [-0.4, -0.2) is 21.7 Å². The van der Waals surface area contributed by atoms with Crippen molar-refractivity contribution in [3.63, 3.8) is 0 Å². The highest BCUT2D eigenvalue weighted by atomic mass is 19.4. The third-order valence-corrected chi connectivity index (χ3v) is 6.78. The van der Waals surface area contributed by atoms with E-state index in [-0.39, 0.29) is 30.3 Å². The summed E-state index contributed by atoms with van der Waals surface area (Å²) in [5.41, 5.74) is 1.41. The highest BCUT2D eigenvalue weighted by molar-refractivity contribution is 6.00. The fourth-order valence-corrected chi connectivity index (χ4v) is 4.26. The van der Waals surface area contributed by atoms with Crippen molar-refractivity contribution >= 4 is 23.1 Å². The van der Waals surface area contributed by atoms with Gasteiger partial charge in [0.05, 0.1) is 40.8 Å². The van der Waals surface area contributed by atoms with E-state index in [0.29, 0.717) is 35.3 Å². The smallest absolute Gasteiger partial charge is 0.354 e. The second-order valence-corrected chi connectivity index (χ2v) is 9.91. The van der Waals surface area contributed by atoms with Crippen molar-refractivity contribution in [3.05, 3.63) is 82.9 Å². The molecule has 0 radical (unpaired) electrons. The van der Waals surface area contributed by atoms with Crippen molar-refractivity contribution in [2.75, 3.05) is 5.32 Å². The quantitative estimate of drug-likeness (QED) is 0.278. The van der Waals surface area contributed by atoms with Crippen LogP contribution in [0, 0.1) is 12.3 Å². The van der Waals surface area contributed by atoms with Crippen LogP contribution in [0.4, 0.5) is 24.5 Å². The number of halogens is 3. The Balaban J connectivity index is 1.31. The molecule has 4 rings (SSSR count). The highest BCUT2D eigenvalue weighted by Crippen LogP contribution is 2.49. The minimum absolute atomic E-state index is 0.0582. The van der Waals surface area contributed by atoms with E-state index >= 15 is 0 Å². The number of hydrogen-bond donors (Lipinski definition) is 2. The van der Waals surface area contributed by atoms with Crippen molar-refractivity contribution in [3.8, 4) is 0 Å². The number of pyridine rings is 2. The molecule has 9 heteroatoms. The monoisotopic (exact) mass is 524 g/mol. The Morgan fingerprint density at radius 1 is 1.00 bits per heavy atom. The van der Waals surface area contributed by atoms with Gasteiger partial charge in [0, 0.05) is 23.9 Å². The maximum atomic E-state index is 13.4. The molecule has 38 heavy (non-hydrogen) atoms. The molecule has 3 aromatic rings. The van der Waals surface area contributed by atoms with Crippen LogP contribution in [-0.2, 0) is 23.9 Å². The summed E-state index contributed by atoms with van der Waals surface area (Å²) in [7, 11) is 0. The first kappa shape index (κ1) is 27.3. The predicted molar refractivity (Wildman–Crippen MR) is 139 cm³/mol. The summed E-state index contributed by atoms with van der Waals surface area (Å²) in [6.45, 7) is 3.87. The lowest BCUT2D eigenvalue weighted by Crippen LogP contribution is -2.33. The van der Waals surface area contributed by atoms with E-state index in [4.69, 9.17) is 0 Å². The van der Waals surface area contributed by atoms with Gasteiger partial charge >= 0.3 is 6.18 Å². The third kappa shape index (κ3) is 6.76. The number of rotatable bonds is 11. The number of benzene rings is 1. The van der Waals surface area contributed by atoms with Crippen LogP contribution in [0.25, 0.3) is 0 Å². The zero-order chi connectivity index (χ0) is 27.3. The normalized spacial score (nSPS) is 14.1. The van der Waals surface area contributed by atoms with Crippen molar-refractivity contribution in [1.82, 2.24) is 15.3 Å². The molecule has 0 bridgehead atoms. The zero-order valence-electron chi connectivity index (χ0n) is 21.5. The SMILES string of the molecule is CCCCc1ccc(C(=O)CC2(C(=O)NCc3ccc(Nc4ccc(C)cc4C(F)(F)F)cn3)CC2)cn1. The third-order valence-electron chi connectivity index (χ3n) is 6.78. The second kappa shape index (κ2) is 11.3. The molecule has 1 aliphatic carbocycles. The van der Waals surface area contributed by atoms with Gasteiger partial charge in [-0.3, -0.25) is 19.6 Å². The number of hydrogen-bond acceptors (Lipinski definition) is 5. The molecule has 1 amide bonds. The maximum Gasteiger partial charge on any atom is 0.418 e. The summed E-state index contributed by atoms with van der Waals surface area (Å²) in [6.07, 6.45) is 2.94. The van der Waals surface area contributed by atoms with E-state index in [2.05, 4.69) is 27.5 Å². The largest absolute Gasteiger partial charge is 0.418 e. The van der Waals surface area contributed by atoms with Gasteiger partial charge in [-0.2, -0.15) is 13.2 Å². The van der Waals surface area contributed by atoms with Crippen LogP contribution in [0.5, 0.6) is 0 Å². The Kier molecular flexibility index (Phi) is 8.14. The predicted octanol–water partition coefficient (Wildman–Crippen LogP) is 6.56. The summed E-state index contributed by atoms with van der Waals surface area (Å²) in [6, 6.07) is 11.0. The molecule has 1 fully saturated rings. The molecule has 1 aliphatic rings. The number of alkyl halides is 3. The lowest BCUT2D eigenvalue weighted by molar-refractivity contribution is -0.137. The average Bonchev–Trinajstić information content (AvgIpc) is 3.68. The number of nitrogens with one attached hydrogen (secondary N) is 2. The molecule has 0 saturated heterocycles. The van der Waals surface area contributed by atoms with Gasteiger partial charge in [-0.05, 0) is 69.0 Å². The lowest BCUT2D eigenvalue weighted by atomic mass is 9.95. The number of anilines is 2. The molecule has 1 saturated carbocycles. The lowest BCUT2D eigenvalue weighted by Gasteiger charge is -2.16. The van der Waals surface area contributed by atoms with Gasteiger partial charge in [0.1, 0.15) is 0 Å². The summed E-state index contributed by atoms with van der Waals surface area (Å²) in [5, 5.41) is 5.63. The van der Waals surface area contributed by atoms with Gasteiger partial charge in [0.15, 0.2) is 5.78 Å². The van der Waals surface area contributed by atoms with Crippen molar-refractivity contribution in [2.45, 2.75) is 65.1 Å². The molecule has 6 nitrogen and oxygen atoms in total. The van der Waals surface area contributed by atoms with Gasteiger partial charge in [-0.15, -0.1) is 0 Å². The molecule has 1 aromatic carbocycles. The Morgan fingerprint density at radius 3 is 2.34 bits per heavy atom. The molecule has 0 atom stereocenters. The minimum Gasteiger partial charge on any atom is -0.354 e. The van der Waals surface area contributed by atoms with Gasteiger partial charge in [-0.25, -0.2) is 0 Å². The number of amides is 1. The van der Waals surface area contributed by atoms with E-state index in [1.165, 1.54) is 12.3 Å². The van der Waals surface area contributed by atoms with Gasteiger partial charge in [0.2, 0.25) is 5.91 Å². The van der Waals surface area contributed by atoms with Crippen LogP contribution in [0.1, 0.15) is 71.9 Å². The Bertz CT molecular complexity index is 1280. The molecule has 2 aromatic heterocycles. The van der Waals surface area contributed by atoms with Gasteiger partial charge < -0.3 is 10.6 Å². The Labute approximate surface area is 220 Å². The van der Waals surface area contributed by atoms with E-state index in [1.54, 1.807) is 37.4 Å². The Morgan fingerprint density at radius 2 is 1.74 bits per heavy atom. The molecular weight excluding hydrogens is 493 g/mol. The van der Waals surface area contributed by atoms with E-state index < -0.39 is 17.2 Å². The summed E-state index contributed by atoms with van der Waals surface area (Å²) >= 11 is 0. The highest BCUT2D eigenvalue weighted by Gasteiger charge is 2.51. The first-order valence-corrected chi connectivity index (χ1v) is 12.8. The number of carbonyl (C=O) groups excluding carboxylic acids is 2. The standard InChI is InChI=1S/C29H31F3N4O2/c1-3-4-5-21-8-7-20(16-33-21)26(37)15-28(12-13-28)27(38)35-17-22-9-10-23(18-34-22)36-25-11-6-19(2)14-24(25)29(30,31)32/h6-11,14,16,18,36H,3-5,12-13,15,17H2,1-2H3,(H,35,38). The number of ketones is 1. The first-order chi connectivity index (χ1) is 18.1. The summed E-state index contributed by atoms with van der Waals surface area (Å²) in [4.78, 5) is 34.3. The van der Waals surface area contributed by atoms with Gasteiger partial charge in [-0.1, -0.05) is 25.0 Å². The number of unbranched alkanes of at least 4 members (excludes halogenated alkanes) is 1. The molecule has 0 aliphatic heterocycles. The van der Waals surface area contributed by atoms with E-state index in [1.807, 2.05) is 6.07 Å². The first-order valence-electron chi connectivity index (χ1n) is 12.8. The van der Waals surface area contributed by atoms with E-state index in [0.717, 1.165) is 31.0 Å². The number of Topliss-reactive ketones (excluding diaryl/α,β-unsaturated/α-hetero) is 1. The number of carbonyl (C=O) groups is 2. The van der Waals surface area contributed by atoms with E-state index in [9.17, 15) is 22.8 Å². The van der Waals surface area contributed by atoms with Crippen LogP contribution in [0.3, 0.4) is 0 Å². The van der Waals surface area contributed by atoms with Gasteiger partial charge in [0.25, 0.3) is 0 Å². The van der Waals surface area contributed by atoms with Crippen molar-refractivity contribution in [2.24, 2.45) is 5.41 Å². The molecule has 2 N–H and O–H groups in total. The van der Waals surface area contributed by atoms with Crippen LogP contribution in [0.15, 0.2) is 54.9 Å². The second-order valence-electron chi connectivity index (χ2n) is 9.91. The minimum atomic E-state index is -4.49. The van der Waals surface area contributed by atoms with Crippen molar-refractivity contribution in [1.29, 1.82) is 0 Å². The number of aromatic nitrogens is 2. The molecule has 0 spiro atoms. The molecule has 0 unspecified atom stereocenters. The number of aryl methyl sites for hydroxylation is 2. The topological polar surface area (TPSA) is 84.0 Å². The van der Waals surface area contributed by atoms with Crippen LogP contribution >= 0.6 is 0 Å². The number of nitrogens with zero attached hydrogens (tertiary/aromatic N) is 2. The summed E-state index contributed by atoms with van der Waals surface area (Å²) in [5.74, 6) is -0.299. The zero-order valence-corrected chi connectivity index (χ0v) is 21.5. The molecule has 2 heterocycles.